The standard InChI is InChI=1S/C10H18O/c1-8-5-9-3-2-4-10(9,6-8)7-11/h8-9,11H,2-7H2,1H3/t8-,9?,10-/m0/s1. The summed E-state index contributed by atoms with van der Waals surface area (Å²) in [7, 11) is 0. The van der Waals surface area contributed by atoms with Gasteiger partial charge in [-0.1, -0.05) is 13.3 Å². The molecule has 0 radical (unpaired) electrons. The monoisotopic (exact) mass is 154 g/mol. The van der Waals surface area contributed by atoms with Gasteiger partial charge in [0.15, 0.2) is 0 Å². The maximum Gasteiger partial charge on any atom is 0.0490 e. The maximum atomic E-state index is 9.34. The van der Waals surface area contributed by atoms with Crippen molar-refractivity contribution in [3.8, 4) is 0 Å². The predicted octanol–water partition coefficient (Wildman–Crippen LogP) is 2.20. The van der Waals surface area contributed by atoms with Gasteiger partial charge in [-0.3, -0.25) is 0 Å². The molecule has 11 heavy (non-hydrogen) atoms. The van der Waals surface area contributed by atoms with Crippen molar-refractivity contribution in [2.45, 2.75) is 39.0 Å². The molecule has 0 aromatic carbocycles. The van der Waals surface area contributed by atoms with Crippen molar-refractivity contribution in [2.75, 3.05) is 6.61 Å². The van der Waals surface area contributed by atoms with E-state index in [0.717, 1.165) is 11.8 Å². The van der Waals surface area contributed by atoms with Crippen molar-refractivity contribution in [3.63, 3.8) is 0 Å². The van der Waals surface area contributed by atoms with Crippen LogP contribution in [0.4, 0.5) is 0 Å². The van der Waals surface area contributed by atoms with Crippen LogP contribution < -0.4 is 0 Å². The molecule has 0 aliphatic heterocycles. The van der Waals surface area contributed by atoms with Crippen molar-refractivity contribution >= 4 is 0 Å². The van der Waals surface area contributed by atoms with Crippen molar-refractivity contribution in [1.82, 2.24) is 0 Å². The molecule has 2 rings (SSSR count). The van der Waals surface area contributed by atoms with Gasteiger partial charge in [0.05, 0.1) is 0 Å². The molecule has 0 aromatic rings. The molecule has 0 amide bonds. The van der Waals surface area contributed by atoms with Crippen LogP contribution in [0.5, 0.6) is 0 Å². The van der Waals surface area contributed by atoms with E-state index in [-0.39, 0.29) is 0 Å². The van der Waals surface area contributed by atoms with E-state index in [4.69, 9.17) is 0 Å². The number of hydrogen-bond acceptors (Lipinski definition) is 1. The highest BCUT2D eigenvalue weighted by Crippen LogP contribution is 2.55. The third-order valence-corrected chi connectivity index (χ3v) is 3.85. The lowest BCUT2D eigenvalue weighted by atomic mass is 9.81. The van der Waals surface area contributed by atoms with E-state index >= 15 is 0 Å². The second-order valence-corrected chi connectivity index (χ2v) is 4.65. The lowest BCUT2D eigenvalue weighted by Gasteiger charge is -2.26. The first-order valence-electron chi connectivity index (χ1n) is 4.88. The Morgan fingerprint density at radius 2 is 2.36 bits per heavy atom. The molecule has 1 heteroatoms. The van der Waals surface area contributed by atoms with E-state index in [0.29, 0.717) is 12.0 Å². The van der Waals surface area contributed by atoms with Gasteiger partial charge in [-0.05, 0) is 42.9 Å². The minimum atomic E-state index is 0.374. The highest BCUT2D eigenvalue weighted by atomic mass is 16.3. The Bertz CT molecular complexity index is 155. The van der Waals surface area contributed by atoms with Crippen LogP contribution in [0, 0.1) is 17.3 Å². The van der Waals surface area contributed by atoms with Crippen molar-refractivity contribution in [3.05, 3.63) is 0 Å². The fourth-order valence-corrected chi connectivity index (χ4v) is 3.38. The summed E-state index contributed by atoms with van der Waals surface area (Å²) < 4.78 is 0. The van der Waals surface area contributed by atoms with Gasteiger partial charge in [0.1, 0.15) is 0 Å². The van der Waals surface area contributed by atoms with E-state index in [2.05, 4.69) is 6.92 Å². The number of fused-ring (bicyclic) bond motifs is 1. The van der Waals surface area contributed by atoms with Crippen LogP contribution in [0.1, 0.15) is 39.0 Å². The van der Waals surface area contributed by atoms with E-state index in [1.807, 2.05) is 0 Å². The molecule has 0 saturated heterocycles. The first kappa shape index (κ1) is 7.60. The van der Waals surface area contributed by atoms with Crippen LogP contribution in [0.3, 0.4) is 0 Å². The summed E-state index contributed by atoms with van der Waals surface area (Å²) in [6, 6.07) is 0. The Hall–Kier alpha value is -0.0400. The average molecular weight is 154 g/mol. The molecule has 3 atom stereocenters. The summed E-state index contributed by atoms with van der Waals surface area (Å²) in [4.78, 5) is 0. The largest absolute Gasteiger partial charge is 0.396 e. The Morgan fingerprint density at radius 3 is 3.00 bits per heavy atom. The molecular formula is C10H18O. The van der Waals surface area contributed by atoms with Gasteiger partial charge in [0, 0.05) is 6.61 Å². The third kappa shape index (κ3) is 1.01. The number of aliphatic hydroxyl groups excluding tert-OH is 1. The molecule has 1 unspecified atom stereocenters. The second kappa shape index (κ2) is 2.48. The maximum absolute atomic E-state index is 9.34. The predicted molar refractivity (Wildman–Crippen MR) is 45.3 cm³/mol. The lowest BCUT2D eigenvalue weighted by Crippen LogP contribution is -2.24. The van der Waals surface area contributed by atoms with Gasteiger partial charge in [0.25, 0.3) is 0 Å². The molecule has 0 bridgehead atoms. The molecule has 0 spiro atoms. The zero-order chi connectivity index (χ0) is 7.90. The topological polar surface area (TPSA) is 20.2 Å². The van der Waals surface area contributed by atoms with Gasteiger partial charge in [-0.2, -0.15) is 0 Å². The number of aliphatic hydroxyl groups is 1. The summed E-state index contributed by atoms with van der Waals surface area (Å²) >= 11 is 0. The smallest absolute Gasteiger partial charge is 0.0490 e. The summed E-state index contributed by atoms with van der Waals surface area (Å²) in [5.74, 6) is 1.73. The fraction of sp³-hybridized carbons (Fsp3) is 1.00. The van der Waals surface area contributed by atoms with Gasteiger partial charge in [-0.25, -0.2) is 0 Å². The van der Waals surface area contributed by atoms with Crippen LogP contribution in [-0.2, 0) is 0 Å². The Kier molecular flexibility index (Phi) is 1.71. The summed E-state index contributed by atoms with van der Waals surface area (Å²) in [5.41, 5.74) is 0.374. The van der Waals surface area contributed by atoms with Crippen LogP contribution in [-0.4, -0.2) is 11.7 Å². The van der Waals surface area contributed by atoms with E-state index in [9.17, 15) is 5.11 Å². The Balaban J connectivity index is 2.15. The zero-order valence-corrected chi connectivity index (χ0v) is 7.34. The first-order valence-corrected chi connectivity index (χ1v) is 4.88. The molecule has 0 aromatic heterocycles. The van der Waals surface area contributed by atoms with Crippen LogP contribution in [0.2, 0.25) is 0 Å². The van der Waals surface area contributed by atoms with Crippen LogP contribution in [0.25, 0.3) is 0 Å². The van der Waals surface area contributed by atoms with E-state index in [1.54, 1.807) is 0 Å². The zero-order valence-electron chi connectivity index (χ0n) is 7.34. The molecule has 64 valence electrons. The molecule has 1 nitrogen and oxygen atoms in total. The van der Waals surface area contributed by atoms with Crippen molar-refractivity contribution < 1.29 is 5.11 Å². The number of rotatable bonds is 1. The summed E-state index contributed by atoms with van der Waals surface area (Å²) in [6.45, 7) is 2.78. The molecule has 2 aliphatic rings. The van der Waals surface area contributed by atoms with Crippen LogP contribution in [0.15, 0.2) is 0 Å². The molecule has 2 fully saturated rings. The summed E-state index contributed by atoms with van der Waals surface area (Å²) in [6.07, 6.45) is 6.69. The minimum absolute atomic E-state index is 0.374. The van der Waals surface area contributed by atoms with Crippen LogP contribution >= 0.6 is 0 Å². The average Bonchev–Trinajstić information content (AvgIpc) is 2.43. The first-order chi connectivity index (χ1) is 5.27. The van der Waals surface area contributed by atoms with Gasteiger partial charge >= 0.3 is 0 Å². The van der Waals surface area contributed by atoms with Crippen molar-refractivity contribution in [1.29, 1.82) is 0 Å². The second-order valence-electron chi connectivity index (χ2n) is 4.65. The lowest BCUT2D eigenvalue weighted by molar-refractivity contribution is 0.104. The molecular weight excluding hydrogens is 136 g/mol. The highest BCUT2D eigenvalue weighted by Gasteiger charge is 2.47. The Labute approximate surface area is 68.8 Å². The quantitative estimate of drug-likeness (QED) is 0.614. The molecule has 2 aliphatic carbocycles. The van der Waals surface area contributed by atoms with Crippen molar-refractivity contribution in [2.24, 2.45) is 17.3 Å². The van der Waals surface area contributed by atoms with Gasteiger partial charge in [0.2, 0.25) is 0 Å². The fourth-order valence-electron chi connectivity index (χ4n) is 3.38. The summed E-state index contributed by atoms with van der Waals surface area (Å²) in [5, 5.41) is 9.34. The molecule has 2 saturated carbocycles. The SMILES string of the molecule is C[C@H]1CC2CCC[C@@]2(CO)C1. The third-order valence-electron chi connectivity index (χ3n) is 3.85. The highest BCUT2D eigenvalue weighted by molar-refractivity contribution is 4.98. The molecule has 0 heterocycles. The van der Waals surface area contributed by atoms with E-state index in [1.165, 1.54) is 32.1 Å². The van der Waals surface area contributed by atoms with Gasteiger partial charge < -0.3 is 5.11 Å². The number of hydrogen-bond donors (Lipinski definition) is 1. The molecule has 1 N–H and O–H groups in total. The van der Waals surface area contributed by atoms with Gasteiger partial charge in [-0.15, -0.1) is 0 Å². The Morgan fingerprint density at radius 1 is 1.55 bits per heavy atom. The normalized spacial score (nSPS) is 49.6. The minimum Gasteiger partial charge on any atom is -0.396 e. The van der Waals surface area contributed by atoms with E-state index < -0.39 is 0 Å².